The summed E-state index contributed by atoms with van der Waals surface area (Å²) in [5, 5.41) is 5.81. The van der Waals surface area contributed by atoms with Gasteiger partial charge in [-0.3, -0.25) is 14.4 Å². The standard InChI is InChI=1S/C19H23BrCl2N4O/c1-13-19(20)14(2)26(23-13)6-5-18(27)25-9-7-24(8-10-25)12-15-3-4-16(21)11-17(15)22/h3-4,11H,5-10,12H2,1-2H3. The third-order valence-corrected chi connectivity index (χ3v) is 6.70. The molecule has 2 aromatic rings. The summed E-state index contributed by atoms with van der Waals surface area (Å²) < 4.78 is 2.92. The van der Waals surface area contributed by atoms with Crippen LogP contribution in [-0.4, -0.2) is 51.7 Å². The fourth-order valence-corrected chi connectivity index (χ4v) is 4.05. The van der Waals surface area contributed by atoms with Gasteiger partial charge in [-0.15, -0.1) is 0 Å². The van der Waals surface area contributed by atoms with Gasteiger partial charge in [0.25, 0.3) is 0 Å². The quantitative estimate of drug-likeness (QED) is 0.649. The van der Waals surface area contributed by atoms with Crippen molar-refractivity contribution in [1.29, 1.82) is 0 Å². The molecule has 0 bridgehead atoms. The number of benzene rings is 1. The summed E-state index contributed by atoms with van der Waals surface area (Å²) in [6, 6.07) is 5.60. The van der Waals surface area contributed by atoms with Crippen LogP contribution in [0.1, 0.15) is 23.4 Å². The average Bonchev–Trinajstić information content (AvgIpc) is 2.89. The number of carbonyl (C=O) groups is 1. The molecule has 0 radical (unpaired) electrons. The van der Waals surface area contributed by atoms with E-state index in [4.69, 9.17) is 23.2 Å². The highest BCUT2D eigenvalue weighted by Crippen LogP contribution is 2.23. The number of amides is 1. The summed E-state index contributed by atoms with van der Waals surface area (Å²) in [4.78, 5) is 16.8. The third-order valence-electron chi connectivity index (χ3n) is 4.96. The molecule has 0 spiro atoms. The van der Waals surface area contributed by atoms with E-state index in [1.54, 1.807) is 6.07 Å². The Balaban J connectivity index is 1.48. The minimum absolute atomic E-state index is 0.183. The number of hydrogen-bond acceptors (Lipinski definition) is 3. The molecule has 0 atom stereocenters. The Labute approximate surface area is 178 Å². The number of aromatic nitrogens is 2. The summed E-state index contributed by atoms with van der Waals surface area (Å²) in [5.41, 5.74) is 3.08. The van der Waals surface area contributed by atoms with Crippen molar-refractivity contribution in [2.75, 3.05) is 26.2 Å². The largest absolute Gasteiger partial charge is 0.340 e. The van der Waals surface area contributed by atoms with Crippen LogP contribution in [0.5, 0.6) is 0 Å². The van der Waals surface area contributed by atoms with E-state index in [9.17, 15) is 4.79 Å². The SMILES string of the molecule is Cc1nn(CCC(=O)N2CCN(Cc3ccc(Cl)cc3Cl)CC2)c(C)c1Br. The smallest absolute Gasteiger partial charge is 0.224 e. The molecule has 1 fully saturated rings. The summed E-state index contributed by atoms with van der Waals surface area (Å²) in [7, 11) is 0. The Morgan fingerprint density at radius 1 is 1.19 bits per heavy atom. The molecule has 0 unspecified atom stereocenters. The maximum atomic E-state index is 12.5. The molecule has 8 heteroatoms. The third kappa shape index (κ3) is 5.05. The van der Waals surface area contributed by atoms with Crippen LogP contribution in [0.4, 0.5) is 0 Å². The topological polar surface area (TPSA) is 41.4 Å². The van der Waals surface area contributed by atoms with E-state index in [2.05, 4.69) is 25.9 Å². The molecule has 0 saturated carbocycles. The van der Waals surface area contributed by atoms with Crippen LogP contribution in [0.2, 0.25) is 10.0 Å². The lowest BCUT2D eigenvalue weighted by atomic mass is 10.2. The van der Waals surface area contributed by atoms with Crippen LogP contribution in [0.15, 0.2) is 22.7 Å². The summed E-state index contributed by atoms with van der Waals surface area (Å²) in [6.45, 7) is 8.52. The second-order valence-electron chi connectivity index (χ2n) is 6.85. The van der Waals surface area contributed by atoms with Crippen molar-refractivity contribution < 1.29 is 4.79 Å². The summed E-state index contributed by atoms with van der Waals surface area (Å²) in [6.07, 6.45) is 0.470. The first kappa shape index (κ1) is 20.6. The highest BCUT2D eigenvalue weighted by atomic mass is 79.9. The average molecular weight is 474 g/mol. The number of halogens is 3. The first-order chi connectivity index (χ1) is 12.8. The maximum absolute atomic E-state index is 12.5. The van der Waals surface area contributed by atoms with E-state index >= 15 is 0 Å². The van der Waals surface area contributed by atoms with E-state index in [0.29, 0.717) is 23.0 Å². The Morgan fingerprint density at radius 3 is 2.48 bits per heavy atom. The molecule has 5 nitrogen and oxygen atoms in total. The van der Waals surface area contributed by atoms with Gasteiger partial charge in [0.15, 0.2) is 0 Å². The molecule has 1 amide bonds. The number of carbonyl (C=O) groups excluding carboxylic acids is 1. The van der Waals surface area contributed by atoms with Gasteiger partial charge in [0.1, 0.15) is 0 Å². The zero-order valence-electron chi connectivity index (χ0n) is 15.5. The van der Waals surface area contributed by atoms with Crippen LogP contribution in [0.25, 0.3) is 0 Å². The summed E-state index contributed by atoms with van der Waals surface area (Å²) >= 11 is 15.7. The fraction of sp³-hybridized carbons (Fsp3) is 0.474. The van der Waals surface area contributed by atoms with E-state index in [-0.39, 0.29) is 5.91 Å². The normalized spacial score (nSPS) is 15.4. The molecule has 1 saturated heterocycles. The van der Waals surface area contributed by atoms with Gasteiger partial charge in [0.05, 0.1) is 16.7 Å². The lowest BCUT2D eigenvalue weighted by Gasteiger charge is -2.35. The first-order valence-electron chi connectivity index (χ1n) is 8.98. The van der Waals surface area contributed by atoms with Gasteiger partial charge >= 0.3 is 0 Å². The van der Waals surface area contributed by atoms with Crippen molar-refractivity contribution in [3.63, 3.8) is 0 Å². The lowest BCUT2D eigenvalue weighted by molar-refractivity contribution is -0.133. The molecule has 0 aliphatic carbocycles. The van der Waals surface area contributed by atoms with E-state index in [0.717, 1.165) is 54.1 Å². The number of aryl methyl sites for hydroxylation is 2. The van der Waals surface area contributed by atoms with Crippen LogP contribution >= 0.6 is 39.1 Å². The van der Waals surface area contributed by atoms with Crippen LogP contribution < -0.4 is 0 Å². The predicted molar refractivity (Wildman–Crippen MR) is 112 cm³/mol. The van der Waals surface area contributed by atoms with Gasteiger partial charge in [-0.05, 0) is 47.5 Å². The van der Waals surface area contributed by atoms with Gasteiger partial charge in [0, 0.05) is 54.9 Å². The van der Waals surface area contributed by atoms with Gasteiger partial charge in [-0.1, -0.05) is 29.3 Å². The Morgan fingerprint density at radius 2 is 1.89 bits per heavy atom. The molecular formula is C19H23BrCl2N4O. The van der Waals surface area contributed by atoms with Crippen molar-refractivity contribution in [2.45, 2.75) is 33.4 Å². The molecule has 1 aliphatic heterocycles. The van der Waals surface area contributed by atoms with Crippen LogP contribution in [0.3, 0.4) is 0 Å². The zero-order chi connectivity index (χ0) is 19.6. The Bertz CT molecular complexity index is 831. The number of nitrogens with zero attached hydrogens (tertiary/aromatic N) is 4. The van der Waals surface area contributed by atoms with Crippen LogP contribution in [-0.2, 0) is 17.9 Å². The van der Waals surface area contributed by atoms with E-state index in [1.807, 2.05) is 35.6 Å². The highest BCUT2D eigenvalue weighted by Gasteiger charge is 2.22. The number of piperazine rings is 1. The van der Waals surface area contributed by atoms with E-state index in [1.165, 1.54) is 0 Å². The zero-order valence-corrected chi connectivity index (χ0v) is 18.6. The minimum atomic E-state index is 0.183. The van der Waals surface area contributed by atoms with Crippen molar-refractivity contribution in [2.24, 2.45) is 0 Å². The van der Waals surface area contributed by atoms with Crippen molar-refractivity contribution >= 4 is 45.0 Å². The minimum Gasteiger partial charge on any atom is -0.340 e. The molecule has 0 N–H and O–H groups in total. The first-order valence-corrected chi connectivity index (χ1v) is 10.5. The molecule has 1 aliphatic rings. The number of hydrogen-bond donors (Lipinski definition) is 0. The second-order valence-corrected chi connectivity index (χ2v) is 8.49. The Kier molecular flexibility index (Phi) is 6.84. The van der Waals surface area contributed by atoms with E-state index < -0.39 is 0 Å². The second kappa shape index (κ2) is 8.95. The molecular weight excluding hydrogens is 451 g/mol. The van der Waals surface area contributed by atoms with Gasteiger partial charge in [-0.25, -0.2) is 0 Å². The van der Waals surface area contributed by atoms with Gasteiger partial charge in [0.2, 0.25) is 5.91 Å². The molecule has 3 rings (SSSR count). The van der Waals surface area contributed by atoms with Crippen LogP contribution in [0, 0.1) is 13.8 Å². The lowest BCUT2D eigenvalue weighted by Crippen LogP contribution is -2.48. The summed E-state index contributed by atoms with van der Waals surface area (Å²) in [5.74, 6) is 0.183. The maximum Gasteiger partial charge on any atom is 0.224 e. The number of rotatable bonds is 5. The molecule has 1 aromatic carbocycles. The van der Waals surface area contributed by atoms with Gasteiger partial charge < -0.3 is 4.90 Å². The molecule has 1 aromatic heterocycles. The highest BCUT2D eigenvalue weighted by molar-refractivity contribution is 9.10. The fourth-order valence-electron chi connectivity index (χ4n) is 3.30. The predicted octanol–water partition coefficient (Wildman–Crippen LogP) is 4.30. The van der Waals surface area contributed by atoms with Crippen molar-refractivity contribution in [1.82, 2.24) is 19.6 Å². The van der Waals surface area contributed by atoms with Gasteiger partial charge in [-0.2, -0.15) is 5.10 Å². The molecule has 2 heterocycles. The molecule has 27 heavy (non-hydrogen) atoms. The monoisotopic (exact) mass is 472 g/mol. The van der Waals surface area contributed by atoms with Crippen molar-refractivity contribution in [3.8, 4) is 0 Å². The molecule has 146 valence electrons. The Hall–Kier alpha value is -1.08. The van der Waals surface area contributed by atoms with Crippen molar-refractivity contribution in [3.05, 3.63) is 49.7 Å².